The molecule has 3 unspecified atom stereocenters. The van der Waals surface area contributed by atoms with E-state index in [1.54, 1.807) is 19.0 Å². The molecule has 1 saturated heterocycles. The molecule has 6 nitrogen and oxygen atoms in total. The second kappa shape index (κ2) is 11.1. The minimum Gasteiger partial charge on any atom is -0.355 e. The van der Waals surface area contributed by atoms with Crippen LogP contribution in [0.25, 0.3) is 0 Å². The summed E-state index contributed by atoms with van der Waals surface area (Å²) in [5, 5.41) is 3.46. The van der Waals surface area contributed by atoms with Gasteiger partial charge in [0.15, 0.2) is 5.96 Å². The zero-order valence-corrected chi connectivity index (χ0v) is 20.2. The molecule has 3 atom stereocenters. The Morgan fingerprint density at radius 3 is 2.48 bits per heavy atom. The number of aliphatic imine (C=N–C) groups is 1. The maximum absolute atomic E-state index is 11.9. The fourth-order valence-corrected chi connectivity index (χ4v) is 5.05. The average molecular weight is 510 g/mol. The van der Waals surface area contributed by atoms with Crippen molar-refractivity contribution in [3.05, 3.63) is 0 Å². The molecule has 3 aliphatic rings. The molecule has 0 aromatic heterocycles. The number of nitrogens with one attached hydrogen (secondary N) is 1. The quantitative estimate of drug-likeness (QED) is 0.256. The highest BCUT2D eigenvalue weighted by Crippen LogP contribution is 2.46. The summed E-state index contributed by atoms with van der Waals surface area (Å²) in [6.07, 6.45) is 7.93. The Balaban J connectivity index is 0.00000261. The summed E-state index contributed by atoms with van der Waals surface area (Å²) >= 11 is 1.82. The molecule has 0 aromatic rings. The van der Waals surface area contributed by atoms with Crippen molar-refractivity contribution in [2.75, 3.05) is 65.4 Å². The van der Waals surface area contributed by atoms with Gasteiger partial charge in [-0.3, -0.25) is 9.69 Å². The van der Waals surface area contributed by atoms with Gasteiger partial charge in [0.1, 0.15) is 6.54 Å². The first-order valence-electron chi connectivity index (χ1n) is 10.0. The van der Waals surface area contributed by atoms with Gasteiger partial charge < -0.3 is 15.1 Å². The third-order valence-electron chi connectivity index (χ3n) is 6.24. The number of nitrogens with zero attached hydrogens (tertiary/aromatic N) is 4. The average Bonchev–Trinajstić information content (AvgIpc) is 3.28. The first-order chi connectivity index (χ1) is 12.6. The summed E-state index contributed by atoms with van der Waals surface area (Å²) < 4.78 is 0. The van der Waals surface area contributed by atoms with Gasteiger partial charge in [-0.25, -0.2) is 4.99 Å². The number of guanidine groups is 1. The molecule has 2 bridgehead atoms. The number of carbonyl (C=O) groups excluding carboxylic acids is 1. The van der Waals surface area contributed by atoms with Gasteiger partial charge in [-0.05, 0) is 37.4 Å². The summed E-state index contributed by atoms with van der Waals surface area (Å²) in [5.41, 5.74) is 0. The lowest BCUT2D eigenvalue weighted by Gasteiger charge is -2.42. The van der Waals surface area contributed by atoms with Crippen LogP contribution in [0.3, 0.4) is 0 Å². The minimum atomic E-state index is 0. The van der Waals surface area contributed by atoms with Crippen molar-refractivity contribution in [3.8, 4) is 0 Å². The number of rotatable bonds is 6. The second-order valence-electron chi connectivity index (χ2n) is 8.11. The lowest BCUT2D eigenvalue weighted by Crippen LogP contribution is -2.55. The van der Waals surface area contributed by atoms with E-state index in [9.17, 15) is 4.79 Å². The number of likely N-dealkylation sites (N-methyl/N-ethyl adjacent to an activating group) is 1. The van der Waals surface area contributed by atoms with Crippen molar-refractivity contribution < 1.29 is 4.79 Å². The van der Waals surface area contributed by atoms with E-state index in [1.807, 2.05) is 11.8 Å². The lowest BCUT2D eigenvalue weighted by atomic mass is 9.93. The standard InChI is InChI=1S/C19H35N5OS.HI/c1-22(2)18(25)14-21-19(20-6-11-26-3)24-9-7-23(8-10-24)17-13-15-4-5-16(17)12-15;/h15-17H,4-14H2,1-3H3,(H,20,21);1H. The molecule has 1 amide bonds. The number of carbonyl (C=O) groups is 1. The van der Waals surface area contributed by atoms with Gasteiger partial charge in [0.25, 0.3) is 0 Å². The Morgan fingerprint density at radius 1 is 1.19 bits per heavy atom. The second-order valence-corrected chi connectivity index (χ2v) is 9.10. The van der Waals surface area contributed by atoms with Gasteiger partial charge in [-0.1, -0.05) is 6.42 Å². The van der Waals surface area contributed by atoms with Gasteiger partial charge in [-0.15, -0.1) is 24.0 Å². The smallest absolute Gasteiger partial charge is 0.243 e. The van der Waals surface area contributed by atoms with Gasteiger partial charge in [-0.2, -0.15) is 11.8 Å². The summed E-state index contributed by atoms with van der Waals surface area (Å²) in [4.78, 5) is 23.2. The molecule has 2 saturated carbocycles. The van der Waals surface area contributed by atoms with Crippen molar-refractivity contribution in [2.45, 2.75) is 31.7 Å². The summed E-state index contributed by atoms with van der Waals surface area (Å²) in [6, 6.07) is 0.830. The zero-order chi connectivity index (χ0) is 18.5. The molecule has 0 aromatic carbocycles. The Hall–Kier alpha value is -0.220. The van der Waals surface area contributed by atoms with Crippen LogP contribution < -0.4 is 5.32 Å². The first-order valence-corrected chi connectivity index (χ1v) is 11.4. The SMILES string of the molecule is CSCCNC(=NCC(=O)N(C)C)N1CCN(C2CC3CCC2C3)CC1.I. The number of fused-ring (bicyclic) bond motifs is 2. The van der Waals surface area contributed by atoms with Gasteiger partial charge >= 0.3 is 0 Å². The van der Waals surface area contributed by atoms with Crippen molar-refractivity contribution in [1.29, 1.82) is 0 Å². The first kappa shape index (κ1) is 23.1. The Bertz CT molecular complexity index is 510. The highest BCUT2D eigenvalue weighted by molar-refractivity contribution is 14.0. The number of amides is 1. The van der Waals surface area contributed by atoms with Gasteiger partial charge in [0.2, 0.25) is 5.91 Å². The fourth-order valence-electron chi connectivity index (χ4n) is 4.74. The van der Waals surface area contributed by atoms with Gasteiger partial charge in [0, 0.05) is 58.6 Å². The molecule has 8 heteroatoms. The van der Waals surface area contributed by atoms with Crippen LogP contribution in [0.4, 0.5) is 0 Å². The molecule has 2 aliphatic carbocycles. The maximum Gasteiger partial charge on any atom is 0.243 e. The topological polar surface area (TPSA) is 51.2 Å². The normalized spacial score (nSPS) is 28.2. The van der Waals surface area contributed by atoms with E-state index in [-0.39, 0.29) is 36.4 Å². The number of piperazine rings is 1. The molecule has 1 N–H and O–H groups in total. The largest absolute Gasteiger partial charge is 0.355 e. The molecule has 3 rings (SSSR count). The van der Waals surface area contributed by atoms with Crippen LogP contribution in [0.2, 0.25) is 0 Å². The van der Waals surface area contributed by atoms with Crippen LogP contribution in [0, 0.1) is 11.8 Å². The van der Waals surface area contributed by atoms with Crippen LogP contribution in [0.1, 0.15) is 25.7 Å². The van der Waals surface area contributed by atoms with Crippen LogP contribution in [0.15, 0.2) is 4.99 Å². The third-order valence-corrected chi connectivity index (χ3v) is 6.85. The summed E-state index contributed by atoms with van der Waals surface area (Å²) in [7, 11) is 3.57. The monoisotopic (exact) mass is 509 g/mol. The van der Waals surface area contributed by atoms with E-state index in [0.717, 1.165) is 62.3 Å². The molecular weight excluding hydrogens is 473 g/mol. The van der Waals surface area contributed by atoms with Gasteiger partial charge in [0.05, 0.1) is 0 Å². The zero-order valence-electron chi connectivity index (χ0n) is 17.0. The van der Waals surface area contributed by atoms with Crippen LogP contribution >= 0.6 is 35.7 Å². The van der Waals surface area contributed by atoms with Crippen LogP contribution in [-0.4, -0.2) is 98.0 Å². The Morgan fingerprint density at radius 2 is 1.93 bits per heavy atom. The molecular formula is C19H36IN5OS. The Labute approximate surface area is 185 Å². The van der Waals surface area contributed by atoms with Crippen molar-refractivity contribution in [1.82, 2.24) is 20.0 Å². The van der Waals surface area contributed by atoms with E-state index in [4.69, 9.17) is 0 Å². The van der Waals surface area contributed by atoms with Crippen LogP contribution in [0.5, 0.6) is 0 Å². The summed E-state index contributed by atoms with van der Waals surface area (Å²) in [6.45, 7) is 5.38. The Kier molecular flexibility index (Phi) is 9.47. The van der Waals surface area contributed by atoms with E-state index in [1.165, 1.54) is 25.7 Å². The lowest BCUT2D eigenvalue weighted by molar-refractivity contribution is -0.127. The highest BCUT2D eigenvalue weighted by Gasteiger charge is 2.42. The predicted molar refractivity (Wildman–Crippen MR) is 125 cm³/mol. The van der Waals surface area contributed by atoms with Crippen molar-refractivity contribution in [2.24, 2.45) is 16.8 Å². The highest BCUT2D eigenvalue weighted by atomic mass is 127. The third kappa shape index (κ3) is 6.13. The van der Waals surface area contributed by atoms with Crippen molar-refractivity contribution >= 4 is 47.6 Å². The van der Waals surface area contributed by atoms with E-state index in [0.29, 0.717) is 0 Å². The molecule has 27 heavy (non-hydrogen) atoms. The predicted octanol–water partition coefficient (Wildman–Crippen LogP) is 1.81. The van der Waals surface area contributed by atoms with E-state index in [2.05, 4.69) is 26.4 Å². The molecule has 0 radical (unpaired) electrons. The van der Waals surface area contributed by atoms with Crippen LogP contribution in [-0.2, 0) is 4.79 Å². The van der Waals surface area contributed by atoms with E-state index >= 15 is 0 Å². The molecule has 1 heterocycles. The molecule has 3 fully saturated rings. The maximum atomic E-state index is 11.9. The summed E-state index contributed by atoms with van der Waals surface area (Å²) in [5.74, 6) is 3.96. The molecule has 0 spiro atoms. The number of halogens is 1. The molecule has 156 valence electrons. The van der Waals surface area contributed by atoms with E-state index < -0.39 is 0 Å². The number of hydrogen-bond donors (Lipinski definition) is 1. The van der Waals surface area contributed by atoms with Crippen molar-refractivity contribution in [3.63, 3.8) is 0 Å². The molecule has 1 aliphatic heterocycles. The fraction of sp³-hybridized carbons (Fsp3) is 0.895. The number of thioether (sulfide) groups is 1. The minimum absolute atomic E-state index is 0. The number of hydrogen-bond acceptors (Lipinski definition) is 4.